The summed E-state index contributed by atoms with van der Waals surface area (Å²) in [6, 6.07) is 13.3. The van der Waals surface area contributed by atoms with Crippen molar-refractivity contribution in [1.29, 1.82) is 0 Å². The second-order valence-electron chi connectivity index (χ2n) is 7.19. The summed E-state index contributed by atoms with van der Waals surface area (Å²) in [5, 5.41) is 4.08. The number of para-hydroxylation sites is 1. The summed E-state index contributed by atoms with van der Waals surface area (Å²) in [6.07, 6.45) is 0.711. The molecule has 29 heavy (non-hydrogen) atoms. The van der Waals surface area contributed by atoms with Crippen molar-refractivity contribution >= 4 is 29.1 Å². The van der Waals surface area contributed by atoms with Crippen LogP contribution in [0.15, 0.2) is 47.5 Å². The van der Waals surface area contributed by atoms with E-state index in [1.54, 1.807) is 6.07 Å². The monoisotopic (exact) mass is 413 g/mol. The number of piperazine rings is 1. The molecule has 1 fully saturated rings. The third kappa shape index (κ3) is 3.95. The molecule has 2 heterocycles. The molecule has 0 spiro atoms. The minimum atomic E-state index is -0.206. The molecule has 2 aliphatic rings. The van der Waals surface area contributed by atoms with Crippen LogP contribution in [0.1, 0.15) is 18.9 Å². The summed E-state index contributed by atoms with van der Waals surface area (Å²) in [6.45, 7) is 4.18. The molecule has 0 saturated carbocycles. The first-order valence-electron chi connectivity index (χ1n) is 9.82. The first-order chi connectivity index (χ1) is 14.1. The Morgan fingerprint density at radius 1 is 1.34 bits per heavy atom. The number of rotatable bonds is 3. The molecule has 0 unspecified atom stereocenters. The number of carbonyl (C=O) groups excluding carboxylic acids is 1. The SMILES string of the molecule is CC[C@@H](C(=O)OC)[C@H]1CN(C2=Nc3cc(Cl)ccc3Oc3ccccc32)CCN1. The lowest BCUT2D eigenvalue weighted by Crippen LogP contribution is -2.56. The molecule has 2 aliphatic heterocycles. The Balaban J connectivity index is 1.72. The maximum atomic E-state index is 12.2. The van der Waals surface area contributed by atoms with E-state index in [4.69, 9.17) is 26.1 Å². The molecule has 2 aromatic carbocycles. The number of nitrogens with zero attached hydrogens (tertiary/aromatic N) is 2. The van der Waals surface area contributed by atoms with E-state index in [-0.39, 0.29) is 17.9 Å². The predicted octanol–water partition coefficient (Wildman–Crippen LogP) is 4.00. The van der Waals surface area contributed by atoms with Crippen LogP contribution >= 0.6 is 11.6 Å². The lowest BCUT2D eigenvalue weighted by Gasteiger charge is -2.38. The fourth-order valence-electron chi connectivity index (χ4n) is 3.95. The number of halogens is 1. The summed E-state index contributed by atoms with van der Waals surface area (Å²) in [4.78, 5) is 19.4. The van der Waals surface area contributed by atoms with Crippen LogP contribution in [0.25, 0.3) is 0 Å². The van der Waals surface area contributed by atoms with Gasteiger partial charge in [0.2, 0.25) is 0 Å². The van der Waals surface area contributed by atoms with Crippen LogP contribution in [-0.4, -0.2) is 49.5 Å². The smallest absolute Gasteiger partial charge is 0.310 e. The van der Waals surface area contributed by atoms with Gasteiger partial charge in [-0.3, -0.25) is 4.79 Å². The highest BCUT2D eigenvalue weighted by atomic mass is 35.5. The Kier molecular flexibility index (Phi) is 5.74. The average molecular weight is 414 g/mol. The van der Waals surface area contributed by atoms with Crippen LogP contribution in [0.2, 0.25) is 5.02 Å². The Bertz CT molecular complexity index is 947. The number of amidine groups is 1. The lowest BCUT2D eigenvalue weighted by atomic mass is 9.94. The number of aliphatic imine (C=N–C) groups is 1. The first kappa shape index (κ1) is 19.7. The molecule has 0 bridgehead atoms. The summed E-state index contributed by atoms with van der Waals surface area (Å²) in [5.41, 5.74) is 1.62. The predicted molar refractivity (Wildman–Crippen MR) is 113 cm³/mol. The molecule has 0 amide bonds. The van der Waals surface area contributed by atoms with Crippen molar-refractivity contribution in [2.24, 2.45) is 10.9 Å². The van der Waals surface area contributed by atoms with Crippen molar-refractivity contribution < 1.29 is 14.3 Å². The van der Waals surface area contributed by atoms with Gasteiger partial charge in [0.05, 0.1) is 18.6 Å². The number of hydrogen-bond acceptors (Lipinski definition) is 6. The molecule has 2 aromatic rings. The minimum Gasteiger partial charge on any atom is -0.469 e. The molecular weight excluding hydrogens is 390 g/mol. The van der Waals surface area contributed by atoms with E-state index < -0.39 is 0 Å². The largest absolute Gasteiger partial charge is 0.469 e. The van der Waals surface area contributed by atoms with E-state index in [0.717, 1.165) is 30.2 Å². The second kappa shape index (κ2) is 8.43. The van der Waals surface area contributed by atoms with E-state index in [0.29, 0.717) is 29.4 Å². The number of methoxy groups -OCH3 is 1. The molecule has 7 heteroatoms. The quantitative estimate of drug-likeness (QED) is 0.770. The van der Waals surface area contributed by atoms with Gasteiger partial charge in [0, 0.05) is 30.7 Å². The number of carbonyl (C=O) groups is 1. The van der Waals surface area contributed by atoms with Crippen LogP contribution in [0, 0.1) is 5.92 Å². The number of esters is 1. The van der Waals surface area contributed by atoms with E-state index in [2.05, 4.69) is 10.2 Å². The van der Waals surface area contributed by atoms with Gasteiger partial charge in [0.25, 0.3) is 0 Å². The second-order valence-corrected chi connectivity index (χ2v) is 7.63. The van der Waals surface area contributed by atoms with Crippen LogP contribution < -0.4 is 10.1 Å². The third-order valence-corrected chi connectivity index (χ3v) is 5.66. The Morgan fingerprint density at radius 3 is 2.97 bits per heavy atom. The molecule has 6 nitrogen and oxygen atoms in total. The molecule has 1 N–H and O–H groups in total. The summed E-state index contributed by atoms with van der Waals surface area (Å²) in [7, 11) is 1.44. The molecule has 2 atom stereocenters. The molecule has 152 valence electrons. The van der Waals surface area contributed by atoms with Gasteiger partial charge in [-0.1, -0.05) is 30.7 Å². The number of fused-ring (bicyclic) bond motifs is 2. The third-order valence-electron chi connectivity index (χ3n) is 5.43. The first-order valence-corrected chi connectivity index (χ1v) is 10.2. The Morgan fingerprint density at radius 2 is 2.17 bits per heavy atom. The standard InChI is InChI=1S/C22H24ClN3O3/c1-3-15(22(27)28-2)18-13-26(11-10-24-18)21-16-6-4-5-7-19(16)29-20-9-8-14(23)12-17(20)25-21/h4-9,12,15,18,24H,3,10-11,13H2,1-2H3/t15-,18-/m1/s1. The van der Waals surface area contributed by atoms with Gasteiger partial charge in [-0.05, 0) is 36.8 Å². The maximum Gasteiger partial charge on any atom is 0.310 e. The van der Waals surface area contributed by atoms with Crippen LogP contribution in [0.3, 0.4) is 0 Å². The highest BCUT2D eigenvalue weighted by Gasteiger charge is 2.33. The van der Waals surface area contributed by atoms with E-state index in [1.807, 2.05) is 43.3 Å². The molecule has 0 aromatic heterocycles. The highest BCUT2D eigenvalue weighted by Crippen LogP contribution is 2.39. The Labute approximate surface area is 175 Å². The zero-order chi connectivity index (χ0) is 20.4. The number of nitrogens with one attached hydrogen (secondary N) is 1. The lowest BCUT2D eigenvalue weighted by molar-refractivity contribution is -0.147. The fourth-order valence-corrected chi connectivity index (χ4v) is 4.11. The fraction of sp³-hybridized carbons (Fsp3) is 0.364. The van der Waals surface area contributed by atoms with Crippen LogP contribution in [0.5, 0.6) is 11.5 Å². The van der Waals surface area contributed by atoms with E-state index >= 15 is 0 Å². The van der Waals surface area contributed by atoms with Gasteiger partial charge in [-0.2, -0.15) is 0 Å². The maximum absolute atomic E-state index is 12.2. The van der Waals surface area contributed by atoms with Gasteiger partial charge >= 0.3 is 5.97 Å². The topological polar surface area (TPSA) is 63.2 Å². The van der Waals surface area contributed by atoms with Crippen molar-refractivity contribution in [1.82, 2.24) is 10.2 Å². The molecule has 1 saturated heterocycles. The Hall–Kier alpha value is -2.57. The molecular formula is C22H24ClN3O3. The van der Waals surface area contributed by atoms with Crippen molar-refractivity contribution in [3.05, 3.63) is 53.1 Å². The van der Waals surface area contributed by atoms with E-state index in [9.17, 15) is 4.79 Å². The normalized spacial score (nSPS) is 19.2. The summed E-state index contributed by atoms with van der Waals surface area (Å²) < 4.78 is 11.2. The zero-order valence-electron chi connectivity index (χ0n) is 16.5. The van der Waals surface area contributed by atoms with Gasteiger partial charge in [-0.15, -0.1) is 0 Å². The van der Waals surface area contributed by atoms with Gasteiger partial charge < -0.3 is 19.7 Å². The van der Waals surface area contributed by atoms with Gasteiger partial charge in [0.1, 0.15) is 17.3 Å². The van der Waals surface area contributed by atoms with Crippen LogP contribution in [-0.2, 0) is 9.53 Å². The number of benzene rings is 2. The van der Waals surface area contributed by atoms with Gasteiger partial charge in [0.15, 0.2) is 5.75 Å². The average Bonchev–Trinajstić information content (AvgIpc) is 2.91. The number of hydrogen-bond donors (Lipinski definition) is 1. The number of ether oxygens (including phenoxy) is 2. The van der Waals surface area contributed by atoms with Crippen molar-refractivity contribution in [2.45, 2.75) is 19.4 Å². The zero-order valence-corrected chi connectivity index (χ0v) is 17.3. The van der Waals surface area contributed by atoms with Crippen molar-refractivity contribution in [3.8, 4) is 11.5 Å². The van der Waals surface area contributed by atoms with Crippen molar-refractivity contribution in [3.63, 3.8) is 0 Å². The molecule has 0 aliphatic carbocycles. The summed E-state index contributed by atoms with van der Waals surface area (Å²) in [5.74, 6) is 1.86. The minimum absolute atomic E-state index is 0.0148. The molecule has 0 radical (unpaired) electrons. The van der Waals surface area contributed by atoms with Gasteiger partial charge in [-0.25, -0.2) is 4.99 Å². The summed E-state index contributed by atoms with van der Waals surface area (Å²) >= 11 is 6.21. The van der Waals surface area contributed by atoms with Crippen LogP contribution in [0.4, 0.5) is 5.69 Å². The molecule has 4 rings (SSSR count). The van der Waals surface area contributed by atoms with Crippen molar-refractivity contribution in [2.75, 3.05) is 26.7 Å². The highest BCUT2D eigenvalue weighted by molar-refractivity contribution is 6.31. The van der Waals surface area contributed by atoms with E-state index in [1.165, 1.54) is 7.11 Å².